The molecule has 0 spiro atoms. The summed E-state index contributed by atoms with van der Waals surface area (Å²) in [5.41, 5.74) is 0. The normalized spacial score (nSPS) is 11.6. The molecular weight excluding hydrogens is 360 g/mol. The Kier molecular flexibility index (Phi) is 5.45. The molecule has 0 amide bonds. The van der Waals surface area contributed by atoms with Crippen molar-refractivity contribution in [3.8, 4) is 5.75 Å². The largest absolute Gasteiger partial charge is 0.491 e. The predicted octanol–water partition coefficient (Wildman–Crippen LogP) is 3.55. The van der Waals surface area contributed by atoms with Gasteiger partial charge in [-0.25, -0.2) is 17.5 Å². The summed E-state index contributed by atoms with van der Waals surface area (Å²) in [6.45, 7) is 0.106. The number of hydrogen-bond acceptors (Lipinski definition) is 4. The van der Waals surface area contributed by atoms with Crippen LogP contribution in [0.15, 0.2) is 34.5 Å². The third kappa shape index (κ3) is 4.55. The highest BCUT2D eigenvalue weighted by Gasteiger charge is 2.15. The minimum Gasteiger partial charge on any atom is -0.491 e. The van der Waals surface area contributed by atoms with E-state index in [-0.39, 0.29) is 28.1 Å². The molecule has 0 radical (unpaired) electrons. The van der Waals surface area contributed by atoms with E-state index in [1.54, 1.807) is 0 Å². The molecule has 0 fully saturated rings. The summed E-state index contributed by atoms with van der Waals surface area (Å²) in [7, 11) is -3.60. The first-order valence-corrected chi connectivity index (χ1v) is 8.77. The Morgan fingerprint density at radius 2 is 2.00 bits per heavy atom. The lowest BCUT2D eigenvalue weighted by Gasteiger charge is -2.08. The summed E-state index contributed by atoms with van der Waals surface area (Å²) in [4.78, 5) is 0. The van der Waals surface area contributed by atoms with Crippen molar-refractivity contribution in [2.24, 2.45) is 0 Å². The molecule has 2 aromatic rings. The SMILES string of the molecule is O=S(=O)(NCCOc1ccc(F)cc1Cl)c1ccc(Cl)s1. The van der Waals surface area contributed by atoms with E-state index < -0.39 is 15.8 Å². The van der Waals surface area contributed by atoms with Gasteiger partial charge in [-0.1, -0.05) is 23.2 Å². The smallest absolute Gasteiger partial charge is 0.250 e. The molecular formula is C12H10Cl2FNO3S2. The molecule has 9 heteroatoms. The minimum atomic E-state index is -3.60. The van der Waals surface area contributed by atoms with Gasteiger partial charge in [-0.3, -0.25) is 0 Å². The van der Waals surface area contributed by atoms with E-state index in [0.29, 0.717) is 4.34 Å². The van der Waals surface area contributed by atoms with Crippen LogP contribution in [-0.4, -0.2) is 21.6 Å². The van der Waals surface area contributed by atoms with Gasteiger partial charge in [0.1, 0.15) is 22.4 Å². The van der Waals surface area contributed by atoms with Crippen molar-refractivity contribution in [2.45, 2.75) is 4.21 Å². The van der Waals surface area contributed by atoms with E-state index in [9.17, 15) is 12.8 Å². The van der Waals surface area contributed by atoms with E-state index >= 15 is 0 Å². The van der Waals surface area contributed by atoms with Gasteiger partial charge in [0.15, 0.2) is 0 Å². The van der Waals surface area contributed by atoms with Crippen LogP contribution in [0, 0.1) is 5.82 Å². The average molecular weight is 370 g/mol. The van der Waals surface area contributed by atoms with Gasteiger partial charge in [0.05, 0.1) is 9.36 Å². The second kappa shape index (κ2) is 6.93. The molecule has 2 rings (SSSR count). The van der Waals surface area contributed by atoms with Crippen molar-refractivity contribution in [2.75, 3.05) is 13.2 Å². The number of ether oxygens (including phenoxy) is 1. The average Bonchev–Trinajstić information content (AvgIpc) is 2.84. The maximum atomic E-state index is 12.8. The van der Waals surface area contributed by atoms with Crippen LogP contribution in [0.5, 0.6) is 5.75 Å². The molecule has 0 aliphatic heterocycles. The number of thiophene rings is 1. The summed E-state index contributed by atoms with van der Waals surface area (Å²) < 4.78 is 44.8. The number of rotatable bonds is 6. The van der Waals surface area contributed by atoms with Crippen molar-refractivity contribution in [3.05, 3.63) is 45.5 Å². The van der Waals surface area contributed by atoms with Gasteiger partial charge < -0.3 is 4.74 Å². The molecule has 0 aliphatic rings. The summed E-state index contributed by atoms with van der Waals surface area (Å²) >= 11 is 12.4. The van der Waals surface area contributed by atoms with Crippen LogP contribution in [0.4, 0.5) is 4.39 Å². The molecule has 0 bridgehead atoms. The molecule has 0 atom stereocenters. The first-order chi connectivity index (χ1) is 9.88. The Morgan fingerprint density at radius 1 is 1.24 bits per heavy atom. The molecule has 0 aliphatic carbocycles. The Morgan fingerprint density at radius 3 is 2.62 bits per heavy atom. The van der Waals surface area contributed by atoms with Crippen molar-refractivity contribution < 1.29 is 17.5 Å². The van der Waals surface area contributed by atoms with Crippen molar-refractivity contribution in [1.29, 1.82) is 0 Å². The maximum Gasteiger partial charge on any atom is 0.250 e. The lowest BCUT2D eigenvalue weighted by Crippen LogP contribution is -2.27. The number of nitrogens with one attached hydrogen (secondary N) is 1. The van der Waals surface area contributed by atoms with Gasteiger partial charge in [-0.15, -0.1) is 11.3 Å². The van der Waals surface area contributed by atoms with Crippen LogP contribution in [0.3, 0.4) is 0 Å². The first kappa shape index (κ1) is 16.5. The van der Waals surface area contributed by atoms with Gasteiger partial charge in [0, 0.05) is 6.54 Å². The number of hydrogen-bond donors (Lipinski definition) is 1. The van der Waals surface area contributed by atoms with Gasteiger partial charge in [0.2, 0.25) is 10.0 Å². The Bertz CT molecular complexity index is 734. The van der Waals surface area contributed by atoms with Gasteiger partial charge in [-0.05, 0) is 30.3 Å². The zero-order chi connectivity index (χ0) is 15.5. The lowest BCUT2D eigenvalue weighted by atomic mass is 10.3. The molecule has 1 heterocycles. The number of sulfonamides is 1. The van der Waals surface area contributed by atoms with Crippen molar-refractivity contribution >= 4 is 44.6 Å². The third-order valence-electron chi connectivity index (χ3n) is 2.36. The van der Waals surface area contributed by atoms with E-state index in [2.05, 4.69) is 4.72 Å². The van der Waals surface area contributed by atoms with Gasteiger partial charge >= 0.3 is 0 Å². The molecule has 1 aromatic heterocycles. The first-order valence-electron chi connectivity index (χ1n) is 5.71. The Balaban J connectivity index is 1.87. The monoisotopic (exact) mass is 369 g/mol. The topological polar surface area (TPSA) is 55.4 Å². The van der Waals surface area contributed by atoms with Crippen LogP contribution < -0.4 is 9.46 Å². The minimum absolute atomic E-state index is 0.0472. The summed E-state index contributed by atoms with van der Waals surface area (Å²) in [5.74, 6) is -0.181. The molecule has 0 unspecified atom stereocenters. The Labute approximate surface area is 135 Å². The second-order valence-corrected chi connectivity index (χ2v) is 8.00. The zero-order valence-corrected chi connectivity index (χ0v) is 13.6. The molecule has 0 saturated heterocycles. The molecule has 1 N–H and O–H groups in total. The molecule has 1 aromatic carbocycles. The highest BCUT2D eigenvalue weighted by molar-refractivity contribution is 7.91. The molecule has 4 nitrogen and oxygen atoms in total. The molecule has 21 heavy (non-hydrogen) atoms. The van der Waals surface area contributed by atoms with Crippen LogP contribution in [0.25, 0.3) is 0 Å². The predicted molar refractivity (Wildman–Crippen MR) is 81.4 cm³/mol. The summed E-state index contributed by atoms with van der Waals surface area (Å²) in [6, 6.07) is 6.64. The molecule has 0 saturated carbocycles. The van der Waals surface area contributed by atoms with Crippen LogP contribution >= 0.6 is 34.5 Å². The van der Waals surface area contributed by atoms with E-state index in [4.69, 9.17) is 27.9 Å². The van der Waals surface area contributed by atoms with Crippen LogP contribution in [0.2, 0.25) is 9.36 Å². The highest BCUT2D eigenvalue weighted by Crippen LogP contribution is 2.26. The van der Waals surface area contributed by atoms with Gasteiger partial charge in [0.25, 0.3) is 0 Å². The number of halogens is 3. The second-order valence-electron chi connectivity index (χ2n) is 3.88. The lowest BCUT2D eigenvalue weighted by molar-refractivity contribution is 0.322. The highest BCUT2D eigenvalue weighted by atomic mass is 35.5. The third-order valence-corrected chi connectivity index (χ3v) is 5.84. The van der Waals surface area contributed by atoms with E-state index in [0.717, 1.165) is 17.4 Å². The fourth-order valence-corrected chi connectivity index (χ4v) is 4.20. The van der Waals surface area contributed by atoms with Crippen molar-refractivity contribution in [3.63, 3.8) is 0 Å². The molecule has 114 valence electrons. The van der Waals surface area contributed by atoms with Crippen LogP contribution in [-0.2, 0) is 10.0 Å². The Hall–Kier alpha value is -0.860. The summed E-state index contributed by atoms with van der Waals surface area (Å²) in [6.07, 6.45) is 0. The fraction of sp³-hybridized carbons (Fsp3) is 0.167. The van der Waals surface area contributed by atoms with E-state index in [1.807, 2.05) is 0 Å². The standard InChI is InChI=1S/C12H10Cl2FNO3S2/c13-9-7-8(15)1-2-10(9)19-6-5-16-21(17,18)12-4-3-11(14)20-12/h1-4,7,16H,5-6H2. The van der Waals surface area contributed by atoms with E-state index in [1.165, 1.54) is 24.3 Å². The maximum absolute atomic E-state index is 12.8. The van der Waals surface area contributed by atoms with Gasteiger partial charge in [-0.2, -0.15) is 0 Å². The van der Waals surface area contributed by atoms with Crippen LogP contribution in [0.1, 0.15) is 0 Å². The van der Waals surface area contributed by atoms with Crippen molar-refractivity contribution in [1.82, 2.24) is 4.72 Å². The fourth-order valence-electron chi connectivity index (χ4n) is 1.44. The zero-order valence-electron chi connectivity index (χ0n) is 10.5. The summed E-state index contributed by atoms with van der Waals surface area (Å²) in [5, 5.41) is 0.128. The number of benzene rings is 1. The quantitative estimate of drug-likeness (QED) is 0.792.